The zero-order chi connectivity index (χ0) is 11.7. The number of fused-ring (bicyclic) bond motifs is 1. The fourth-order valence-electron chi connectivity index (χ4n) is 1.73. The summed E-state index contributed by atoms with van der Waals surface area (Å²) in [5.41, 5.74) is 2.00. The summed E-state index contributed by atoms with van der Waals surface area (Å²) in [5, 5.41) is 8.27. The van der Waals surface area contributed by atoms with Gasteiger partial charge in [0.25, 0.3) is 0 Å². The minimum atomic E-state index is 0.581. The van der Waals surface area contributed by atoms with Gasteiger partial charge in [-0.05, 0) is 49.3 Å². The van der Waals surface area contributed by atoms with Gasteiger partial charge in [0.05, 0.1) is 5.52 Å². The third-order valence-corrected chi connectivity index (χ3v) is 2.99. The molecule has 1 heterocycles. The Labute approximate surface area is 105 Å². The molecule has 4 heteroatoms. The molecule has 0 spiro atoms. The molecule has 2 N–H and O–H groups in total. The van der Waals surface area contributed by atoms with Gasteiger partial charge in [-0.1, -0.05) is 6.07 Å². The van der Waals surface area contributed by atoms with Crippen molar-refractivity contribution in [3.63, 3.8) is 0 Å². The number of nitrogens with zero attached hydrogens (tertiary/aromatic N) is 1. The van der Waals surface area contributed by atoms with E-state index in [4.69, 9.17) is 12.2 Å². The highest BCUT2D eigenvalue weighted by Crippen LogP contribution is 2.20. The van der Waals surface area contributed by atoms with Crippen LogP contribution in [-0.2, 0) is 0 Å². The lowest BCUT2D eigenvalue weighted by molar-refractivity contribution is 0.919. The summed E-state index contributed by atoms with van der Waals surface area (Å²) < 4.78 is 0. The van der Waals surface area contributed by atoms with Crippen LogP contribution in [0, 0.1) is 0 Å². The summed E-state index contributed by atoms with van der Waals surface area (Å²) in [4.78, 5) is 4.28. The topological polar surface area (TPSA) is 37.0 Å². The molecule has 1 aliphatic carbocycles. The molecule has 2 aromatic rings. The van der Waals surface area contributed by atoms with Gasteiger partial charge in [0, 0.05) is 23.3 Å². The third kappa shape index (κ3) is 2.53. The average Bonchev–Trinajstić information content (AvgIpc) is 3.12. The second-order valence-electron chi connectivity index (χ2n) is 4.28. The van der Waals surface area contributed by atoms with E-state index in [-0.39, 0.29) is 0 Å². The van der Waals surface area contributed by atoms with E-state index in [0.717, 1.165) is 16.6 Å². The molecule has 86 valence electrons. The van der Waals surface area contributed by atoms with Crippen molar-refractivity contribution in [2.75, 3.05) is 5.32 Å². The Bertz CT molecular complexity index is 563. The fraction of sp³-hybridized carbons (Fsp3) is 0.231. The highest BCUT2D eigenvalue weighted by atomic mass is 32.1. The third-order valence-electron chi connectivity index (χ3n) is 2.77. The van der Waals surface area contributed by atoms with Gasteiger partial charge in [0.2, 0.25) is 0 Å². The Kier molecular flexibility index (Phi) is 2.65. The smallest absolute Gasteiger partial charge is 0.170 e. The Hall–Kier alpha value is -1.68. The molecule has 17 heavy (non-hydrogen) atoms. The maximum absolute atomic E-state index is 5.24. The van der Waals surface area contributed by atoms with Crippen molar-refractivity contribution in [2.24, 2.45) is 0 Å². The van der Waals surface area contributed by atoms with Crippen molar-refractivity contribution in [1.29, 1.82) is 0 Å². The van der Waals surface area contributed by atoms with Crippen molar-refractivity contribution in [3.8, 4) is 0 Å². The number of benzene rings is 1. The standard InChI is InChI=1S/C13H13N3S/c17-13(15-10-3-4-10)16-11-5-6-12-9(8-11)2-1-7-14-12/h1-2,5-8,10H,3-4H2,(H2,15,16,17). The first-order valence-corrected chi connectivity index (χ1v) is 6.14. The lowest BCUT2D eigenvalue weighted by Crippen LogP contribution is -2.30. The Morgan fingerprint density at radius 3 is 3.00 bits per heavy atom. The molecule has 0 bridgehead atoms. The van der Waals surface area contributed by atoms with Gasteiger partial charge in [-0.25, -0.2) is 0 Å². The number of thiocarbonyl (C=S) groups is 1. The van der Waals surface area contributed by atoms with E-state index in [1.807, 2.05) is 24.3 Å². The van der Waals surface area contributed by atoms with Crippen molar-refractivity contribution in [3.05, 3.63) is 36.5 Å². The average molecular weight is 243 g/mol. The Balaban J connectivity index is 1.77. The van der Waals surface area contributed by atoms with E-state index in [1.165, 1.54) is 12.8 Å². The summed E-state index contributed by atoms with van der Waals surface area (Å²) in [6.07, 6.45) is 4.25. The van der Waals surface area contributed by atoms with Crippen LogP contribution in [0.5, 0.6) is 0 Å². The zero-order valence-corrected chi connectivity index (χ0v) is 10.1. The van der Waals surface area contributed by atoms with E-state index in [9.17, 15) is 0 Å². The molecule has 0 atom stereocenters. The van der Waals surface area contributed by atoms with E-state index < -0.39 is 0 Å². The van der Waals surface area contributed by atoms with E-state index in [2.05, 4.69) is 21.7 Å². The van der Waals surface area contributed by atoms with Crippen molar-refractivity contribution < 1.29 is 0 Å². The summed E-state index contributed by atoms with van der Waals surface area (Å²) in [7, 11) is 0. The van der Waals surface area contributed by atoms with Crippen LogP contribution in [0.2, 0.25) is 0 Å². The summed E-state index contributed by atoms with van der Waals surface area (Å²) in [6.45, 7) is 0. The van der Waals surface area contributed by atoms with Gasteiger partial charge in [-0.2, -0.15) is 0 Å². The normalized spacial score (nSPS) is 14.6. The zero-order valence-electron chi connectivity index (χ0n) is 9.31. The lowest BCUT2D eigenvalue weighted by Gasteiger charge is -2.09. The van der Waals surface area contributed by atoms with Crippen LogP contribution < -0.4 is 10.6 Å². The molecule has 3 rings (SSSR count). The van der Waals surface area contributed by atoms with Crippen LogP contribution in [0.3, 0.4) is 0 Å². The van der Waals surface area contributed by atoms with Crippen molar-refractivity contribution in [1.82, 2.24) is 10.3 Å². The minimum Gasteiger partial charge on any atom is -0.360 e. The maximum Gasteiger partial charge on any atom is 0.170 e. The first-order chi connectivity index (χ1) is 8.31. The van der Waals surface area contributed by atoms with E-state index in [0.29, 0.717) is 11.2 Å². The number of rotatable bonds is 2. The molecule has 0 amide bonds. The molecule has 1 saturated carbocycles. The van der Waals surface area contributed by atoms with Gasteiger partial charge < -0.3 is 10.6 Å². The van der Waals surface area contributed by atoms with Gasteiger partial charge in [0.1, 0.15) is 0 Å². The predicted molar refractivity (Wildman–Crippen MR) is 74.1 cm³/mol. The van der Waals surface area contributed by atoms with Crippen LogP contribution in [0.4, 0.5) is 5.69 Å². The largest absolute Gasteiger partial charge is 0.360 e. The van der Waals surface area contributed by atoms with Gasteiger partial charge in [-0.15, -0.1) is 0 Å². The monoisotopic (exact) mass is 243 g/mol. The Morgan fingerprint density at radius 2 is 2.18 bits per heavy atom. The van der Waals surface area contributed by atoms with E-state index >= 15 is 0 Å². The van der Waals surface area contributed by atoms with Crippen LogP contribution >= 0.6 is 12.2 Å². The summed E-state index contributed by atoms with van der Waals surface area (Å²) >= 11 is 5.24. The molecule has 0 unspecified atom stereocenters. The van der Waals surface area contributed by atoms with Crippen LogP contribution in [0.25, 0.3) is 10.9 Å². The first kappa shape index (κ1) is 10.5. The molecule has 1 fully saturated rings. The summed E-state index contributed by atoms with van der Waals surface area (Å²) in [6, 6.07) is 10.6. The first-order valence-electron chi connectivity index (χ1n) is 5.73. The molecule has 1 aliphatic rings. The number of hydrogen-bond donors (Lipinski definition) is 2. The molecule has 0 saturated heterocycles. The van der Waals surface area contributed by atoms with Crippen LogP contribution in [-0.4, -0.2) is 16.1 Å². The highest BCUT2D eigenvalue weighted by Gasteiger charge is 2.21. The number of anilines is 1. The van der Waals surface area contributed by atoms with Crippen LogP contribution in [0.1, 0.15) is 12.8 Å². The quantitative estimate of drug-likeness (QED) is 0.795. The highest BCUT2D eigenvalue weighted by molar-refractivity contribution is 7.80. The van der Waals surface area contributed by atoms with Gasteiger partial charge >= 0.3 is 0 Å². The van der Waals surface area contributed by atoms with Crippen molar-refractivity contribution in [2.45, 2.75) is 18.9 Å². The van der Waals surface area contributed by atoms with Crippen molar-refractivity contribution >= 4 is 33.9 Å². The second kappa shape index (κ2) is 4.30. The molecular weight excluding hydrogens is 230 g/mol. The Morgan fingerprint density at radius 1 is 1.29 bits per heavy atom. The second-order valence-corrected chi connectivity index (χ2v) is 4.69. The molecule has 0 aliphatic heterocycles. The number of nitrogens with one attached hydrogen (secondary N) is 2. The van der Waals surface area contributed by atoms with Crippen LogP contribution in [0.15, 0.2) is 36.5 Å². The predicted octanol–water partition coefficient (Wildman–Crippen LogP) is 2.68. The maximum atomic E-state index is 5.24. The fourth-order valence-corrected chi connectivity index (χ4v) is 2.02. The number of aromatic nitrogens is 1. The lowest BCUT2D eigenvalue weighted by atomic mass is 10.2. The molecular formula is C13H13N3S. The number of hydrogen-bond acceptors (Lipinski definition) is 2. The van der Waals surface area contributed by atoms with E-state index in [1.54, 1.807) is 6.20 Å². The minimum absolute atomic E-state index is 0.581. The van der Waals surface area contributed by atoms with Gasteiger partial charge in [0.15, 0.2) is 5.11 Å². The SMILES string of the molecule is S=C(Nc1ccc2ncccc2c1)NC1CC1. The molecule has 0 radical (unpaired) electrons. The summed E-state index contributed by atoms with van der Waals surface area (Å²) in [5.74, 6) is 0. The van der Waals surface area contributed by atoms with Gasteiger partial charge in [-0.3, -0.25) is 4.98 Å². The number of pyridine rings is 1. The molecule has 3 nitrogen and oxygen atoms in total. The molecule has 1 aromatic carbocycles. The molecule has 1 aromatic heterocycles.